The minimum Gasteiger partial charge on any atom is -0.450 e. The van der Waals surface area contributed by atoms with Gasteiger partial charge in [-0.2, -0.15) is 4.72 Å². The van der Waals surface area contributed by atoms with E-state index in [-0.39, 0.29) is 36.9 Å². The molecule has 2 aromatic carbocycles. The summed E-state index contributed by atoms with van der Waals surface area (Å²) in [5.41, 5.74) is 0.790. The van der Waals surface area contributed by atoms with Crippen LogP contribution in [-0.4, -0.2) is 69.0 Å². The van der Waals surface area contributed by atoms with Gasteiger partial charge in [0, 0.05) is 26.2 Å². The van der Waals surface area contributed by atoms with Gasteiger partial charge < -0.3 is 14.5 Å². The van der Waals surface area contributed by atoms with Gasteiger partial charge in [0.05, 0.1) is 11.5 Å². The van der Waals surface area contributed by atoms with Crippen LogP contribution in [0, 0.1) is 5.82 Å². The molecule has 0 spiro atoms. The first-order valence-corrected chi connectivity index (χ1v) is 11.8. The lowest BCUT2D eigenvalue weighted by Gasteiger charge is -2.36. The van der Waals surface area contributed by atoms with Crippen LogP contribution in [0.3, 0.4) is 0 Å². The quantitative estimate of drug-likeness (QED) is 0.678. The van der Waals surface area contributed by atoms with Crippen LogP contribution >= 0.6 is 0 Å². The van der Waals surface area contributed by atoms with Gasteiger partial charge in [-0.25, -0.2) is 17.6 Å². The van der Waals surface area contributed by atoms with Gasteiger partial charge in [0.25, 0.3) is 0 Å². The number of carbonyl (C=O) groups excluding carboxylic acids is 2. The summed E-state index contributed by atoms with van der Waals surface area (Å²) in [6.07, 6.45) is -0.282. The molecular formula is C22H26FN3O5S. The lowest BCUT2D eigenvalue weighted by atomic mass is 10.1. The number of amides is 2. The number of hydrogen-bond donors (Lipinski definition) is 1. The minimum atomic E-state index is -4.06. The molecule has 0 bridgehead atoms. The molecule has 1 atom stereocenters. The summed E-state index contributed by atoms with van der Waals surface area (Å²) in [5.74, 6) is -0.941. The Bertz CT molecular complexity index is 1020. The topological polar surface area (TPSA) is 96.0 Å². The molecule has 2 amide bonds. The molecule has 1 heterocycles. The second-order valence-electron chi connectivity index (χ2n) is 7.33. The van der Waals surface area contributed by atoms with Crippen molar-refractivity contribution in [2.45, 2.75) is 24.3 Å². The number of nitrogens with one attached hydrogen (secondary N) is 1. The highest BCUT2D eigenvalue weighted by molar-refractivity contribution is 7.89. The molecule has 0 radical (unpaired) electrons. The standard InChI is InChI=1S/C22H26FN3O5S/c1-2-31-22(28)26-14-12-25(13-15-26)21(27)20(16-17-6-4-3-5-7-17)24-32(29,30)19-10-8-18(23)9-11-19/h3-11,20,24H,2,12-16H2,1H3/t20-/m0/s1. The molecule has 0 unspecified atom stereocenters. The largest absolute Gasteiger partial charge is 0.450 e. The first kappa shape index (κ1) is 23.7. The number of hydrogen-bond acceptors (Lipinski definition) is 5. The summed E-state index contributed by atoms with van der Waals surface area (Å²) >= 11 is 0. The van der Waals surface area contributed by atoms with E-state index in [0.29, 0.717) is 13.1 Å². The Balaban J connectivity index is 1.76. The van der Waals surface area contributed by atoms with Crippen molar-refractivity contribution in [3.63, 3.8) is 0 Å². The molecule has 10 heteroatoms. The molecule has 0 aromatic heterocycles. The van der Waals surface area contributed by atoms with Gasteiger partial charge in [0.2, 0.25) is 15.9 Å². The fourth-order valence-corrected chi connectivity index (χ4v) is 4.63. The van der Waals surface area contributed by atoms with Crippen LogP contribution in [0.5, 0.6) is 0 Å². The van der Waals surface area contributed by atoms with Crippen LogP contribution < -0.4 is 4.72 Å². The van der Waals surface area contributed by atoms with Crippen molar-refractivity contribution in [2.24, 2.45) is 0 Å². The number of carbonyl (C=O) groups is 2. The molecule has 0 aliphatic carbocycles. The summed E-state index contributed by atoms with van der Waals surface area (Å²) in [6, 6.07) is 12.4. The highest BCUT2D eigenvalue weighted by Crippen LogP contribution is 2.15. The number of sulfonamides is 1. The van der Waals surface area contributed by atoms with Crippen LogP contribution in [0.4, 0.5) is 9.18 Å². The van der Waals surface area contributed by atoms with Gasteiger partial charge >= 0.3 is 6.09 Å². The smallest absolute Gasteiger partial charge is 0.409 e. The van der Waals surface area contributed by atoms with E-state index in [9.17, 15) is 22.4 Å². The molecule has 1 aliphatic heterocycles. The molecule has 1 fully saturated rings. The number of piperazine rings is 1. The monoisotopic (exact) mass is 463 g/mol. The number of halogens is 1. The summed E-state index contributed by atoms with van der Waals surface area (Å²) in [7, 11) is -4.06. The summed E-state index contributed by atoms with van der Waals surface area (Å²) in [5, 5.41) is 0. The minimum absolute atomic E-state index is 0.128. The third-order valence-corrected chi connectivity index (χ3v) is 6.61. The van der Waals surface area contributed by atoms with Crippen LogP contribution in [-0.2, 0) is 26.0 Å². The molecule has 172 valence electrons. The predicted octanol–water partition coefficient (Wildman–Crippen LogP) is 2.02. The third-order valence-electron chi connectivity index (χ3n) is 5.12. The van der Waals surface area contributed by atoms with Crippen molar-refractivity contribution in [1.82, 2.24) is 14.5 Å². The Labute approximate surface area is 187 Å². The molecule has 8 nitrogen and oxygen atoms in total. The normalized spacial score (nSPS) is 15.3. The van der Waals surface area contributed by atoms with Gasteiger partial charge in [0.15, 0.2) is 0 Å². The second-order valence-corrected chi connectivity index (χ2v) is 9.04. The number of ether oxygens (including phenoxy) is 1. The van der Waals surface area contributed by atoms with Crippen molar-refractivity contribution < 1.29 is 27.1 Å². The number of benzene rings is 2. The Hall–Kier alpha value is -2.98. The van der Waals surface area contributed by atoms with Gasteiger partial charge in [-0.1, -0.05) is 30.3 Å². The van der Waals surface area contributed by atoms with E-state index in [4.69, 9.17) is 4.74 Å². The lowest BCUT2D eigenvalue weighted by molar-refractivity contribution is -0.134. The summed E-state index contributed by atoms with van der Waals surface area (Å²) in [4.78, 5) is 28.1. The van der Waals surface area contributed by atoms with Crippen LogP contribution in [0.15, 0.2) is 59.5 Å². The highest BCUT2D eigenvalue weighted by atomic mass is 32.2. The Kier molecular flexibility index (Phi) is 7.81. The van der Waals surface area contributed by atoms with Gasteiger partial charge in [-0.3, -0.25) is 4.79 Å². The maximum Gasteiger partial charge on any atom is 0.409 e. The van der Waals surface area contributed by atoms with E-state index >= 15 is 0 Å². The SMILES string of the molecule is CCOC(=O)N1CCN(C(=O)[C@H](Cc2ccccc2)NS(=O)(=O)c2ccc(F)cc2)CC1. The van der Waals surface area contributed by atoms with E-state index in [0.717, 1.165) is 29.8 Å². The molecule has 1 aliphatic rings. The zero-order valence-corrected chi connectivity index (χ0v) is 18.6. The van der Waals surface area contributed by atoms with E-state index in [1.807, 2.05) is 30.3 Å². The fourth-order valence-electron chi connectivity index (χ4n) is 3.44. The highest BCUT2D eigenvalue weighted by Gasteiger charge is 2.32. The Morgan fingerprint density at radius 1 is 1.00 bits per heavy atom. The molecule has 3 rings (SSSR count). The zero-order chi connectivity index (χ0) is 23.1. The van der Waals surface area contributed by atoms with Gasteiger partial charge in [-0.05, 0) is 43.2 Å². The van der Waals surface area contributed by atoms with Crippen LogP contribution in [0.1, 0.15) is 12.5 Å². The third kappa shape index (κ3) is 6.04. The van der Waals surface area contributed by atoms with E-state index < -0.39 is 28.0 Å². The molecule has 1 saturated heterocycles. The average Bonchev–Trinajstić information content (AvgIpc) is 2.79. The van der Waals surface area contributed by atoms with Crippen LogP contribution in [0.2, 0.25) is 0 Å². The van der Waals surface area contributed by atoms with E-state index in [1.54, 1.807) is 6.92 Å². The summed E-state index contributed by atoms with van der Waals surface area (Å²) in [6.45, 7) is 3.12. The average molecular weight is 464 g/mol. The van der Waals surface area contributed by atoms with Gasteiger partial charge in [0.1, 0.15) is 11.9 Å². The van der Waals surface area contributed by atoms with Crippen molar-refractivity contribution in [1.29, 1.82) is 0 Å². The maximum absolute atomic E-state index is 13.3. The Morgan fingerprint density at radius 2 is 1.59 bits per heavy atom. The Morgan fingerprint density at radius 3 is 2.19 bits per heavy atom. The van der Waals surface area contributed by atoms with E-state index in [2.05, 4.69) is 4.72 Å². The first-order chi connectivity index (χ1) is 15.3. The van der Waals surface area contributed by atoms with Crippen molar-refractivity contribution in [3.8, 4) is 0 Å². The van der Waals surface area contributed by atoms with Crippen molar-refractivity contribution >= 4 is 22.0 Å². The zero-order valence-electron chi connectivity index (χ0n) is 17.7. The maximum atomic E-state index is 13.3. The number of nitrogens with zero attached hydrogens (tertiary/aromatic N) is 2. The van der Waals surface area contributed by atoms with Crippen LogP contribution in [0.25, 0.3) is 0 Å². The van der Waals surface area contributed by atoms with E-state index in [1.165, 1.54) is 9.80 Å². The molecule has 2 aromatic rings. The first-order valence-electron chi connectivity index (χ1n) is 10.3. The molecule has 1 N–H and O–H groups in total. The number of rotatable bonds is 7. The molecule has 0 saturated carbocycles. The molecular weight excluding hydrogens is 437 g/mol. The molecule has 32 heavy (non-hydrogen) atoms. The second kappa shape index (κ2) is 10.6. The predicted molar refractivity (Wildman–Crippen MR) is 116 cm³/mol. The fraction of sp³-hybridized carbons (Fsp3) is 0.364. The van der Waals surface area contributed by atoms with Gasteiger partial charge in [-0.15, -0.1) is 0 Å². The van der Waals surface area contributed by atoms with Crippen molar-refractivity contribution in [3.05, 3.63) is 66.0 Å². The van der Waals surface area contributed by atoms with Crippen molar-refractivity contribution in [2.75, 3.05) is 32.8 Å². The lowest BCUT2D eigenvalue weighted by Crippen LogP contribution is -2.56. The summed E-state index contributed by atoms with van der Waals surface area (Å²) < 4.78 is 46.4.